The molecule has 4 unspecified atom stereocenters. The highest BCUT2D eigenvalue weighted by atomic mass is 16.5. The highest BCUT2D eigenvalue weighted by Crippen LogP contribution is 2.47. The summed E-state index contributed by atoms with van der Waals surface area (Å²) < 4.78 is 7.13. The van der Waals surface area contributed by atoms with Crippen LogP contribution in [0.3, 0.4) is 0 Å². The van der Waals surface area contributed by atoms with Gasteiger partial charge in [-0.15, -0.1) is 0 Å². The van der Waals surface area contributed by atoms with Gasteiger partial charge in [0, 0.05) is 24.2 Å². The van der Waals surface area contributed by atoms with Crippen molar-refractivity contribution in [1.29, 1.82) is 0 Å². The van der Waals surface area contributed by atoms with E-state index in [-0.39, 0.29) is 24.0 Å². The van der Waals surface area contributed by atoms with Crippen molar-refractivity contribution in [1.82, 2.24) is 14.5 Å². The highest BCUT2D eigenvalue weighted by Gasteiger charge is 2.45. The van der Waals surface area contributed by atoms with Crippen molar-refractivity contribution in [3.8, 4) is 0 Å². The fourth-order valence-electron chi connectivity index (χ4n) is 8.17. The second kappa shape index (κ2) is 9.68. The van der Waals surface area contributed by atoms with Crippen LogP contribution >= 0.6 is 0 Å². The van der Waals surface area contributed by atoms with Gasteiger partial charge in [-0.3, -0.25) is 14.5 Å². The molecule has 3 heterocycles. The monoisotopic (exact) mass is 477 g/mol. The number of ether oxygens (including phenoxy) is 1. The van der Waals surface area contributed by atoms with Gasteiger partial charge >= 0.3 is 5.97 Å². The van der Waals surface area contributed by atoms with Crippen LogP contribution in [0.4, 0.5) is 0 Å². The van der Waals surface area contributed by atoms with Crippen molar-refractivity contribution in [3.63, 3.8) is 0 Å². The lowest BCUT2D eigenvalue weighted by molar-refractivity contribution is -0.142. The Morgan fingerprint density at radius 3 is 2.31 bits per heavy atom. The fourth-order valence-corrected chi connectivity index (χ4v) is 8.17. The van der Waals surface area contributed by atoms with Gasteiger partial charge in [0.25, 0.3) is 5.56 Å². The number of aromatic nitrogens is 2. The molecule has 1 aromatic carbocycles. The lowest BCUT2D eigenvalue weighted by Crippen LogP contribution is -2.58. The number of carbonyl (C=O) groups excluding carboxylic acids is 1. The van der Waals surface area contributed by atoms with Gasteiger partial charge in [0.2, 0.25) is 0 Å². The molecule has 6 nitrogen and oxygen atoms in total. The van der Waals surface area contributed by atoms with Crippen molar-refractivity contribution in [3.05, 3.63) is 40.3 Å². The van der Waals surface area contributed by atoms with Crippen molar-refractivity contribution in [2.75, 3.05) is 6.61 Å². The fraction of sp³-hybridized carbons (Fsp3) is 0.690. The molecule has 5 atom stereocenters. The summed E-state index contributed by atoms with van der Waals surface area (Å²) in [4.78, 5) is 33.5. The average molecular weight is 478 g/mol. The number of hydrogen-bond donors (Lipinski definition) is 0. The minimum atomic E-state index is -0.381. The van der Waals surface area contributed by atoms with Crippen LogP contribution in [0.2, 0.25) is 0 Å². The Morgan fingerprint density at radius 2 is 1.60 bits per heavy atom. The summed E-state index contributed by atoms with van der Waals surface area (Å²) in [6.07, 6.45) is 14.3. The van der Waals surface area contributed by atoms with Gasteiger partial charge in [-0.25, -0.2) is 4.98 Å². The quantitative estimate of drug-likeness (QED) is 0.565. The normalized spacial score (nSPS) is 32.9. The lowest BCUT2D eigenvalue weighted by atomic mass is 9.68. The van der Waals surface area contributed by atoms with Crippen LogP contribution in [0.15, 0.2) is 29.1 Å². The minimum absolute atomic E-state index is 0.0614. The average Bonchev–Trinajstić information content (AvgIpc) is 2.84. The topological polar surface area (TPSA) is 64.4 Å². The molecular formula is C29H39N3O3. The summed E-state index contributed by atoms with van der Waals surface area (Å²) in [7, 11) is 0. The molecule has 0 spiro atoms. The minimum Gasteiger partial charge on any atom is -0.466 e. The zero-order valence-electron chi connectivity index (χ0n) is 21.0. The molecule has 4 bridgehead atoms. The number of carbonyl (C=O) groups is 1. The molecule has 2 saturated carbocycles. The molecule has 0 radical (unpaired) electrons. The third-order valence-electron chi connectivity index (χ3n) is 9.37. The second-order valence-corrected chi connectivity index (χ2v) is 11.5. The molecule has 6 rings (SSSR count). The van der Waals surface area contributed by atoms with Gasteiger partial charge in [0.15, 0.2) is 0 Å². The van der Waals surface area contributed by atoms with Gasteiger partial charge in [-0.05, 0) is 75.8 Å². The number of rotatable bonds is 5. The molecule has 0 amide bonds. The van der Waals surface area contributed by atoms with Gasteiger partial charge in [0.1, 0.15) is 5.69 Å². The van der Waals surface area contributed by atoms with Crippen LogP contribution in [0.25, 0.3) is 11.0 Å². The van der Waals surface area contributed by atoms with Crippen molar-refractivity contribution < 1.29 is 9.53 Å². The Bertz CT molecular complexity index is 1120. The van der Waals surface area contributed by atoms with E-state index in [4.69, 9.17) is 4.74 Å². The highest BCUT2D eigenvalue weighted by molar-refractivity contribution is 5.77. The maximum absolute atomic E-state index is 13.7. The van der Waals surface area contributed by atoms with Crippen LogP contribution < -0.4 is 5.56 Å². The summed E-state index contributed by atoms with van der Waals surface area (Å²) in [6, 6.07) is 9.93. The van der Waals surface area contributed by atoms with Crippen LogP contribution in [0, 0.1) is 11.8 Å². The third kappa shape index (κ3) is 4.43. The van der Waals surface area contributed by atoms with E-state index in [1.807, 2.05) is 28.8 Å². The number of nitrogens with zero attached hydrogens (tertiary/aromatic N) is 3. The standard InChI is InChI=1S/C29H39N3O3/c1-2-35-28(33)18-26-29(34)32(27-12-4-3-11-25(27)30-26)24-16-21-9-6-10-22(17-24)31(21)23-14-19-7-5-8-20(13-19)15-23/h3-4,11-12,19-24H,2,5-10,13-18H2,1H3/t19?,20?,21-,22?,23?,24?/m1/s1. The van der Waals surface area contributed by atoms with Gasteiger partial charge < -0.3 is 9.30 Å². The maximum Gasteiger partial charge on any atom is 0.312 e. The lowest BCUT2D eigenvalue weighted by Gasteiger charge is -2.55. The Labute approximate surface area is 208 Å². The number of para-hydroxylation sites is 2. The van der Waals surface area contributed by atoms with Gasteiger partial charge in [-0.1, -0.05) is 37.8 Å². The molecule has 2 aliphatic carbocycles. The van der Waals surface area contributed by atoms with E-state index in [2.05, 4.69) is 9.88 Å². The zero-order chi connectivity index (χ0) is 23.9. The number of esters is 1. The first kappa shape index (κ1) is 23.2. The van der Waals surface area contributed by atoms with E-state index in [0.29, 0.717) is 24.4 Å². The van der Waals surface area contributed by atoms with E-state index >= 15 is 0 Å². The summed E-state index contributed by atoms with van der Waals surface area (Å²) in [5, 5.41) is 0. The molecule has 2 saturated heterocycles. The Kier molecular flexibility index (Phi) is 6.42. The Balaban J connectivity index is 1.32. The van der Waals surface area contributed by atoms with Crippen LogP contribution in [-0.4, -0.2) is 45.2 Å². The summed E-state index contributed by atoms with van der Waals surface area (Å²) >= 11 is 0. The second-order valence-electron chi connectivity index (χ2n) is 11.5. The van der Waals surface area contributed by atoms with E-state index in [1.54, 1.807) is 6.92 Å². The van der Waals surface area contributed by atoms with Crippen LogP contribution in [-0.2, 0) is 16.0 Å². The van der Waals surface area contributed by atoms with Crippen molar-refractivity contribution in [2.45, 2.75) is 108 Å². The Hall–Kier alpha value is -2.21. The first-order valence-corrected chi connectivity index (χ1v) is 14.0. The number of hydrogen-bond acceptors (Lipinski definition) is 5. The molecular weight excluding hydrogens is 438 g/mol. The van der Waals surface area contributed by atoms with Crippen LogP contribution in [0.5, 0.6) is 0 Å². The largest absolute Gasteiger partial charge is 0.466 e. The number of fused-ring (bicyclic) bond motifs is 5. The molecule has 4 aliphatic rings. The summed E-state index contributed by atoms with van der Waals surface area (Å²) in [5.74, 6) is 1.49. The molecule has 0 N–H and O–H groups in total. The van der Waals surface area contributed by atoms with Crippen molar-refractivity contribution >= 4 is 17.0 Å². The first-order chi connectivity index (χ1) is 17.1. The van der Waals surface area contributed by atoms with Gasteiger partial charge in [-0.2, -0.15) is 0 Å². The molecule has 1 aromatic heterocycles. The summed E-state index contributed by atoms with van der Waals surface area (Å²) in [6.45, 7) is 2.10. The van der Waals surface area contributed by atoms with E-state index in [1.165, 1.54) is 57.8 Å². The number of piperidine rings is 2. The van der Waals surface area contributed by atoms with Crippen LogP contribution in [0.1, 0.15) is 89.3 Å². The Morgan fingerprint density at radius 1 is 0.914 bits per heavy atom. The third-order valence-corrected chi connectivity index (χ3v) is 9.37. The van der Waals surface area contributed by atoms with Gasteiger partial charge in [0.05, 0.1) is 24.1 Å². The smallest absolute Gasteiger partial charge is 0.312 e. The molecule has 4 fully saturated rings. The SMILES string of the molecule is CCOC(=O)Cc1nc2ccccc2n(C2CC3CCC[C@H](C2)N3C2CC3CCCC(C3)C2)c1=O. The van der Waals surface area contributed by atoms with E-state index in [9.17, 15) is 9.59 Å². The molecule has 2 aromatic rings. The van der Waals surface area contributed by atoms with E-state index < -0.39 is 0 Å². The van der Waals surface area contributed by atoms with Crippen molar-refractivity contribution in [2.24, 2.45) is 11.8 Å². The molecule has 2 aliphatic heterocycles. The molecule has 6 heteroatoms. The maximum atomic E-state index is 13.7. The predicted octanol–water partition coefficient (Wildman–Crippen LogP) is 5.03. The predicted molar refractivity (Wildman–Crippen MR) is 136 cm³/mol. The summed E-state index contributed by atoms with van der Waals surface area (Å²) in [5.41, 5.74) is 1.89. The first-order valence-electron chi connectivity index (χ1n) is 14.0. The molecule has 35 heavy (non-hydrogen) atoms. The molecule has 188 valence electrons. The zero-order valence-corrected chi connectivity index (χ0v) is 21.0. The van der Waals surface area contributed by atoms with E-state index in [0.717, 1.165) is 41.8 Å². The number of benzene rings is 1.